The van der Waals surface area contributed by atoms with Crippen molar-refractivity contribution in [3.8, 4) is 10.6 Å². The van der Waals surface area contributed by atoms with Crippen LogP contribution in [0.2, 0.25) is 0 Å². The van der Waals surface area contributed by atoms with Crippen LogP contribution in [0.1, 0.15) is 16.1 Å². The third kappa shape index (κ3) is 3.27. The van der Waals surface area contributed by atoms with E-state index in [1.54, 1.807) is 23.5 Å². The van der Waals surface area contributed by atoms with Gasteiger partial charge in [-0.2, -0.15) is 5.10 Å². The van der Waals surface area contributed by atoms with Crippen LogP contribution < -0.4 is 5.32 Å². The topological polar surface area (TPSA) is 114 Å². The van der Waals surface area contributed by atoms with Gasteiger partial charge in [0.2, 0.25) is 5.69 Å². The molecule has 27 heavy (non-hydrogen) atoms. The Labute approximate surface area is 157 Å². The van der Waals surface area contributed by atoms with Crippen LogP contribution in [0.5, 0.6) is 0 Å². The predicted molar refractivity (Wildman–Crippen MR) is 103 cm³/mol. The third-order valence-corrected chi connectivity index (χ3v) is 5.04. The number of amides is 1. The van der Waals surface area contributed by atoms with Crippen LogP contribution in [0.3, 0.4) is 0 Å². The van der Waals surface area contributed by atoms with Crippen molar-refractivity contribution in [1.29, 1.82) is 0 Å². The number of aromatic amines is 1. The zero-order valence-corrected chi connectivity index (χ0v) is 14.9. The van der Waals surface area contributed by atoms with Gasteiger partial charge in [-0.3, -0.25) is 20.0 Å². The number of nitrogens with one attached hydrogen (secondary N) is 2. The highest BCUT2D eigenvalue weighted by atomic mass is 32.1. The van der Waals surface area contributed by atoms with Gasteiger partial charge >= 0.3 is 5.69 Å². The number of H-pyrrole nitrogens is 1. The fourth-order valence-electron chi connectivity index (χ4n) is 2.63. The van der Waals surface area contributed by atoms with E-state index < -0.39 is 10.8 Å². The van der Waals surface area contributed by atoms with Gasteiger partial charge in [-0.1, -0.05) is 6.07 Å². The van der Waals surface area contributed by atoms with Crippen LogP contribution in [-0.2, 0) is 0 Å². The first kappa shape index (κ1) is 16.9. The molecule has 0 bridgehead atoms. The smallest absolute Gasteiger partial charge is 0.319 e. The molecule has 2 N–H and O–H groups in total. The molecule has 0 unspecified atom stereocenters. The maximum Gasteiger partial charge on any atom is 0.319 e. The molecule has 0 aliphatic carbocycles. The summed E-state index contributed by atoms with van der Waals surface area (Å²) in [7, 11) is 0. The Hall–Kier alpha value is -3.59. The van der Waals surface area contributed by atoms with Gasteiger partial charge in [-0.25, -0.2) is 4.98 Å². The maximum absolute atomic E-state index is 12.2. The Bertz CT molecular complexity index is 1160. The molecular weight excluding hydrogens is 366 g/mol. The van der Waals surface area contributed by atoms with E-state index in [-0.39, 0.29) is 11.4 Å². The van der Waals surface area contributed by atoms with Crippen LogP contribution in [0.4, 0.5) is 11.4 Å². The number of fused-ring (bicyclic) bond motifs is 1. The van der Waals surface area contributed by atoms with E-state index in [0.29, 0.717) is 5.69 Å². The molecule has 0 atom stereocenters. The lowest BCUT2D eigenvalue weighted by Crippen LogP contribution is -2.14. The second-order valence-corrected chi connectivity index (χ2v) is 6.94. The van der Waals surface area contributed by atoms with Crippen LogP contribution in [0, 0.1) is 17.0 Å². The highest BCUT2D eigenvalue weighted by Gasteiger charge is 2.22. The second kappa shape index (κ2) is 6.61. The molecule has 8 nitrogen and oxygen atoms in total. The SMILES string of the molecule is Cc1ccc2nc(-c3ccc(NC(=O)c4[nH]ncc4[N+](=O)[O-])cc3)sc2c1. The summed E-state index contributed by atoms with van der Waals surface area (Å²) in [4.78, 5) is 27.1. The van der Waals surface area contributed by atoms with E-state index in [0.717, 1.165) is 27.0 Å². The van der Waals surface area contributed by atoms with Gasteiger partial charge in [-0.15, -0.1) is 11.3 Å². The molecule has 4 rings (SSSR count). The summed E-state index contributed by atoms with van der Waals surface area (Å²) in [5.41, 5.74) is 3.02. The van der Waals surface area contributed by atoms with E-state index in [1.807, 2.05) is 31.2 Å². The number of thiazole rings is 1. The van der Waals surface area contributed by atoms with Gasteiger partial charge < -0.3 is 5.32 Å². The number of hydrogen-bond acceptors (Lipinski definition) is 6. The van der Waals surface area contributed by atoms with Crippen LogP contribution >= 0.6 is 11.3 Å². The number of aromatic nitrogens is 3. The summed E-state index contributed by atoms with van der Waals surface area (Å²) in [6.07, 6.45) is 1.01. The number of hydrogen-bond donors (Lipinski definition) is 2. The van der Waals surface area contributed by atoms with Gasteiger partial charge in [0.05, 0.1) is 15.1 Å². The molecule has 0 saturated heterocycles. The van der Waals surface area contributed by atoms with Gasteiger partial charge in [0.25, 0.3) is 5.91 Å². The van der Waals surface area contributed by atoms with Gasteiger partial charge in [0.1, 0.15) is 11.2 Å². The summed E-state index contributed by atoms with van der Waals surface area (Å²) in [5.74, 6) is -0.623. The normalized spacial score (nSPS) is 10.9. The third-order valence-electron chi connectivity index (χ3n) is 3.98. The molecule has 2 aromatic carbocycles. The molecule has 0 radical (unpaired) electrons. The zero-order chi connectivity index (χ0) is 19.0. The molecule has 0 fully saturated rings. The van der Waals surface area contributed by atoms with Crippen molar-refractivity contribution < 1.29 is 9.72 Å². The van der Waals surface area contributed by atoms with Crippen LogP contribution in [0.25, 0.3) is 20.8 Å². The highest BCUT2D eigenvalue weighted by molar-refractivity contribution is 7.21. The fraction of sp³-hybridized carbons (Fsp3) is 0.0556. The molecule has 9 heteroatoms. The Morgan fingerprint density at radius 1 is 1.22 bits per heavy atom. The Kier molecular flexibility index (Phi) is 4.13. The molecule has 134 valence electrons. The van der Waals surface area contributed by atoms with Crippen molar-refractivity contribution in [2.24, 2.45) is 0 Å². The fourth-order valence-corrected chi connectivity index (χ4v) is 3.70. The number of aryl methyl sites for hydroxylation is 1. The van der Waals surface area contributed by atoms with Crippen molar-refractivity contribution in [2.45, 2.75) is 6.92 Å². The summed E-state index contributed by atoms with van der Waals surface area (Å²) >= 11 is 1.60. The minimum atomic E-state index is -0.656. The highest BCUT2D eigenvalue weighted by Crippen LogP contribution is 2.31. The molecular formula is C18H13N5O3S. The maximum atomic E-state index is 12.2. The first-order valence-corrected chi connectivity index (χ1v) is 8.79. The molecule has 0 aliphatic rings. The largest absolute Gasteiger partial charge is 0.320 e. The van der Waals surface area contributed by atoms with Crippen molar-refractivity contribution in [1.82, 2.24) is 15.2 Å². The Balaban J connectivity index is 1.55. The molecule has 0 spiro atoms. The molecule has 4 aromatic rings. The Morgan fingerprint density at radius 3 is 2.74 bits per heavy atom. The molecule has 2 aromatic heterocycles. The van der Waals surface area contributed by atoms with Gasteiger partial charge in [0, 0.05) is 11.3 Å². The summed E-state index contributed by atoms with van der Waals surface area (Å²) in [5, 5.41) is 20.3. The number of rotatable bonds is 4. The number of benzene rings is 2. The number of anilines is 1. The quantitative estimate of drug-likeness (QED) is 0.408. The first-order valence-electron chi connectivity index (χ1n) is 7.98. The number of carbonyl (C=O) groups excluding carboxylic acids is 1. The lowest BCUT2D eigenvalue weighted by atomic mass is 10.2. The van der Waals surface area contributed by atoms with E-state index >= 15 is 0 Å². The van der Waals surface area contributed by atoms with Crippen molar-refractivity contribution in [3.63, 3.8) is 0 Å². The van der Waals surface area contributed by atoms with E-state index in [4.69, 9.17) is 0 Å². The number of nitro groups is 1. The van der Waals surface area contributed by atoms with Crippen LogP contribution in [-0.4, -0.2) is 26.0 Å². The number of nitrogens with zero attached hydrogens (tertiary/aromatic N) is 3. The van der Waals surface area contributed by atoms with E-state index in [2.05, 4.69) is 26.6 Å². The Morgan fingerprint density at radius 2 is 2.00 bits per heavy atom. The first-order chi connectivity index (χ1) is 13.0. The summed E-state index contributed by atoms with van der Waals surface area (Å²) in [6, 6.07) is 13.3. The monoisotopic (exact) mass is 379 g/mol. The lowest BCUT2D eigenvalue weighted by Gasteiger charge is -2.04. The van der Waals surface area contributed by atoms with E-state index in [9.17, 15) is 14.9 Å². The molecule has 1 amide bonds. The lowest BCUT2D eigenvalue weighted by molar-refractivity contribution is -0.385. The van der Waals surface area contributed by atoms with E-state index in [1.165, 1.54) is 5.56 Å². The molecule has 0 saturated carbocycles. The van der Waals surface area contributed by atoms with Crippen molar-refractivity contribution in [3.05, 3.63) is 70.0 Å². The van der Waals surface area contributed by atoms with Gasteiger partial charge in [-0.05, 0) is 48.9 Å². The minimum Gasteiger partial charge on any atom is -0.320 e. The number of carbonyl (C=O) groups is 1. The standard InChI is InChI=1S/C18H13N5O3S/c1-10-2-7-13-15(8-10)27-18(21-13)11-3-5-12(6-4-11)20-17(24)16-14(23(25)26)9-19-22-16/h2-9H,1H3,(H,19,22)(H,20,24). The molecule has 0 aliphatic heterocycles. The zero-order valence-electron chi connectivity index (χ0n) is 14.1. The van der Waals surface area contributed by atoms with Crippen molar-refractivity contribution >= 4 is 38.8 Å². The van der Waals surface area contributed by atoms with Crippen LogP contribution in [0.15, 0.2) is 48.7 Å². The average molecular weight is 379 g/mol. The van der Waals surface area contributed by atoms with Crippen molar-refractivity contribution in [2.75, 3.05) is 5.32 Å². The average Bonchev–Trinajstić information content (AvgIpc) is 3.29. The minimum absolute atomic E-state index is 0.189. The van der Waals surface area contributed by atoms with Gasteiger partial charge in [0.15, 0.2) is 0 Å². The summed E-state index contributed by atoms with van der Waals surface area (Å²) < 4.78 is 1.12. The molecule has 2 heterocycles. The summed E-state index contributed by atoms with van der Waals surface area (Å²) in [6.45, 7) is 2.04. The second-order valence-electron chi connectivity index (χ2n) is 5.91. The predicted octanol–water partition coefficient (Wildman–Crippen LogP) is 4.16.